The molecule has 0 aromatic heterocycles. The molecule has 1 rings (SSSR count). The van der Waals surface area contributed by atoms with Gasteiger partial charge >= 0.3 is 0 Å². The van der Waals surface area contributed by atoms with Crippen molar-refractivity contribution in [2.24, 2.45) is 5.41 Å². The van der Waals surface area contributed by atoms with Crippen molar-refractivity contribution >= 4 is 10.8 Å². The number of hydrogen-bond acceptors (Lipinski definition) is 2. The highest BCUT2D eigenvalue weighted by Crippen LogP contribution is 2.37. The SMILES string of the molecule is CCCCCS(=O)C1CC(C)(C)CCC1NC. The Morgan fingerprint density at radius 1 is 1.35 bits per heavy atom. The fourth-order valence-electron chi connectivity index (χ4n) is 2.77. The Bertz CT molecular complexity index is 253. The summed E-state index contributed by atoms with van der Waals surface area (Å²) in [4.78, 5) is 0. The van der Waals surface area contributed by atoms with E-state index in [1.807, 2.05) is 7.05 Å². The molecule has 0 aromatic carbocycles. The fourth-order valence-corrected chi connectivity index (χ4v) is 4.84. The molecule has 3 unspecified atom stereocenters. The van der Waals surface area contributed by atoms with E-state index in [-0.39, 0.29) is 0 Å². The Kier molecular flexibility index (Phi) is 6.14. The molecular formula is C14H29NOS. The van der Waals surface area contributed by atoms with Gasteiger partial charge in [-0.05, 0) is 38.1 Å². The van der Waals surface area contributed by atoms with E-state index < -0.39 is 10.8 Å². The van der Waals surface area contributed by atoms with E-state index in [0.29, 0.717) is 16.7 Å². The lowest BCUT2D eigenvalue weighted by Gasteiger charge is -2.40. The zero-order chi connectivity index (χ0) is 12.9. The van der Waals surface area contributed by atoms with Crippen molar-refractivity contribution < 1.29 is 4.21 Å². The highest BCUT2D eigenvalue weighted by Gasteiger charge is 2.36. The highest BCUT2D eigenvalue weighted by molar-refractivity contribution is 7.85. The standard InChI is InChI=1S/C14H29NOS/c1-5-6-7-10-17(16)13-11-14(2,3)9-8-12(13)15-4/h12-13,15H,5-11H2,1-4H3. The largest absolute Gasteiger partial charge is 0.316 e. The Balaban J connectivity index is 2.54. The molecule has 0 bridgehead atoms. The summed E-state index contributed by atoms with van der Waals surface area (Å²) in [6, 6.07) is 0.463. The first-order valence-electron chi connectivity index (χ1n) is 7.04. The minimum Gasteiger partial charge on any atom is -0.316 e. The van der Waals surface area contributed by atoms with Crippen molar-refractivity contribution in [2.45, 2.75) is 70.6 Å². The Morgan fingerprint density at radius 3 is 2.65 bits per heavy atom. The molecule has 3 atom stereocenters. The smallest absolute Gasteiger partial charge is 0.0506 e. The van der Waals surface area contributed by atoms with Crippen molar-refractivity contribution in [1.82, 2.24) is 5.32 Å². The number of rotatable bonds is 6. The van der Waals surface area contributed by atoms with Crippen LogP contribution in [0.2, 0.25) is 0 Å². The van der Waals surface area contributed by atoms with Gasteiger partial charge in [0.15, 0.2) is 0 Å². The molecule has 0 heterocycles. The monoisotopic (exact) mass is 259 g/mol. The van der Waals surface area contributed by atoms with Gasteiger partial charge in [-0.25, -0.2) is 0 Å². The van der Waals surface area contributed by atoms with E-state index in [0.717, 1.165) is 18.6 Å². The topological polar surface area (TPSA) is 29.1 Å². The van der Waals surface area contributed by atoms with Gasteiger partial charge in [0.05, 0.1) is 5.25 Å². The molecule has 0 radical (unpaired) electrons. The minimum absolute atomic E-state index is 0.362. The zero-order valence-corrected chi connectivity index (χ0v) is 12.7. The lowest BCUT2D eigenvalue weighted by molar-refractivity contribution is 0.216. The molecule has 1 saturated carbocycles. The summed E-state index contributed by atoms with van der Waals surface area (Å²) in [5.74, 6) is 0.896. The maximum absolute atomic E-state index is 12.4. The second kappa shape index (κ2) is 6.89. The molecule has 0 saturated heterocycles. The van der Waals surface area contributed by atoms with Crippen LogP contribution in [-0.2, 0) is 10.8 Å². The van der Waals surface area contributed by atoms with Gasteiger partial charge in [-0.15, -0.1) is 0 Å². The molecule has 0 amide bonds. The number of unbranched alkanes of at least 4 members (excludes halogenated alkanes) is 2. The van der Waals surface area contributed by atoms with E-state index in [4.69, 9.17) is 0 Å². The molecular weight excluding hydrogens is 230 g/mol. The van der Waals surface area contributed by atoms with Gasteiger partial charge in [0.25, 0.3) is 0 Å². The first kappa shape index (κ1) is 15.2. The molecule has 0 aromatic rings. The normalized spacial score (nSPS) is 30.1. The maximum atomic E-state index is 12.4. The third kappa shape index (κ3) is 4.70. The summed E-state index contributed by atoms with van der Waals surface area (Å²) in [7, 11) is 1.37. The molecule has 1 fully saturated rings. The number of nitrogens with one attached hydrogen (secondary N) is 1. The summed E-state index contributed by atoms with van der Waals surface area (Å²) in [5, 5.41) is 3.73. The molecule has 3 heteroatoms. The van der Waals surface area contributed by atoms with E-state index in [9.17, 15) is 4.21 Å². The van der Waals surface area contributed by atoms with Gasteiger partial charge in [-0.3, -0.25) is 4.21 Å². The van der Waals surface area contributed by atoms with E-state index in [2.05, 4.69) is 26.1 Å². The molecule has 1 aliphatic rings. The Hall–Kier alpha value is 0.110. The van der Waals surface area contributed by atoms with Crippen molar-refractivity contribution in [3.63, 3.8) is 0 Å². The van der Waals surface area contributed by atoms with Gasteiger partial charge < -0.3 is 5.32 Å². The lowest BCUT2D eigenvalue weighted by atomic mass is 9.75. The predicted octanol–water partition coefficient (Wildman–Crippen LogP) is 3.09. The van der Waals surface area contributed by atoms with Crippen molar-refractivity contribution in [1.29, 1.82) is 0 Å². The average Bonchev–Trinajstić information content (AvgIpc) is 2.28. The molecule has 102 valence electrons. The zero-order valence-electron chi connectivity index (χ0n) is 11.9. The summed E-state index contributed by atoms with van der Waals surface area (Å²) in [6.07, 6.45) is 7.08. The van der Waals surface area contributed by atoms with Crippen LogP contribution in [0.3, 0.4) is 0 Å². The van der Waals surface area contributed by atoms with Gasteiger partial charge in [0, 0.05) is 22.6 Å². The van der Waals surface area contributed by atoms with Crippen LogP contribution in [0, 0.1) is 5.41 Å². The van der Waals surface area contributed by atoms with Crippen molar-refractivity contribution in [3.8, 4) is 0 Å². The summed E-state index contributed by atoms with van der Waals surface area (Å²) >= 11 is 0. The van der Waals surface area contributed by atoms with Crippen LogP contribution in [-0.4, -0.2) is 28.3 Å². The average molecular weight is 259 g/mol. The van der Waals surface area contributed by atoms with E-state index in [1.54, 1.807) is 0 Å². The van der Waals surface area contributed by atoms with Crippen LogP contribution in [0.15, 0.2) is 0 Å². The summed E-state index contributed by atoms with van der Waals surface area (Å²) < 4.78 is 12.4. The first-order valence-corrected chi connectivity index (χ1v) is 8.43. The minimum atomic E-state index is -0.647. The van der Waals surface area contributed by atoms with E-state index >= 15 is 0 Å². The first-order chi connectivity index (χ1) is 8.00. The van der Waals surface area contributed by atoms with Gasteiger partial charge in [-0.2, -0.15) is 0 Å². The molecule has 1 aliphatic carbocycles. The van der Waals surface area contributed by atoms with Gasteiger partial charge in [0.1, 0.15) is 0 Å². The van der Waals surface area contributed by atoms with E-state index in [1.165, 1.54) is 25.7 Å². The Morgan fingerprint density at radius 2 is 2.06 bits per heavy atom. The maximum Gasteiger partial charge on any atom is 0.0506 e. The van der Waals surface area contributed by atoms with Gasteiger partial charge in [-0.1, -0.05) is 33.6 Å². The molecule has 1 N–H and O–H groups in total. The molecule has 0 spiro atoms. The summed E-state index contributed by atoms with van der Waals surface area (Å²) in [5.41, 5.74) is 0.373. The van der Waals surface area contributed by atoms with Crippen LogP contribution in [0.25, 0.3) is 0 Å². The lowest BCUT2D eigenvalue weighted by Crippen LogP contribution is -2.47. The highest BCUT2D eigenvalue weighted by atomic mass is 32.2. The van der Waals surface area contributed by atoms with Crippen LogP contribution < -0.4 is 5.32 Å². The quantitative estimate of drug-likeness (QED) is 0.743. The van der Waals surface area contributed by atoms with Crippen LogP contribution >= 0.6 is 0 Å². The second-order valence-electron chi connectivity index (χ2n) is 6.13. The Labute approximate surface area is 109 Å². The number of hydrogen-bond donors (Lipinski definition) is 1. The van der Waals surface area contributed by atoms with Crippen LogP contribution in [0.5, 0.6) is 0 Å². The second-order valence-corrected chi connectivity index (χ2v) is 7.91. The van der Waals surface area contributed by atoms with Crippen LogP contribution in [0.1, 0.15) is 59.3 Å². The van der Waals surface area contributed by atoms with Crippen molar-refractivity contribution in [3.05, 3.63) is 0 Å². The van der Waals surface area contributed by atoms with Gasteiger partial charge in [0.2, 0.25) is 0 Å². The molecule has 0 aliphatic heterocycles. The third-order valence-electron chi connectivity index (χ3n) is 3.99. The predicted molar refractivity (Wildman–Crippen MR) is 76.8 cm³/mol. The molecule has 2 nitrogen and oxygen atoms in total. The summed E-state index contributed by atoms with van der Waals surface area (Å²) in [6.45, 7) is 6.83. The van der Waals surface area contributed by atoms with Crippen molar-refractivity contribution in [2.75, 3.05) is 12.8 Å². The fraction of sp³-hybridized carbons (Fsp3) is 1.00. The third-order valence-corrected chi connectivity index (χ3v) is 5.85. The molecule has 17 heavy (non-hydrogen) atoms. The van der Waals surface area contributed by atoms with Crippen LogP contribution in [0.4, 0.5) is 0 Å².